The maximum atomic E-state index is 6.14. The summed E-state index contributed by atoms with van der Waals surface area (Å²) in [6.45, 7) is 8.66. The second kappa shape index (κ2) is 5.19. The molecule has 0 aromatic carbocycles. The molecule has 0 radical (unpaired) electrons. The molecule has 0 bridgehead atoms. The summed E-state index contributed by atoms with van der Waals surface area (Å²) in [7, 11) is 0. The number of hydrogen-bond acceptors (Lipinski definition) is 3. The third-order valence-electron chi connectivity index (χ3n) is 3.48. The molecule has 0 amide bonds. The highest BCUT2D eigenvalue weighted by atomic mass is 15.2. The lowest BCUT2D eigenvalue weighted by atomic mass is 10.0. The molecule has 4 nitrogen and oxygen atoms in total. The van der Waals surface area contributed by atoms with E-state index in [2.05, 4.69) is 14.5 Å². The topological polar surface area (TPSA) is 47.1 Å². The number of nitrogens with two attached hydrogens (primary N) is 1. The van der Waals surface area contributed by atoms with Crippen molar-refractivity contribution in [1.82, 2.24) is 14.5 Å². The summed E-state index contributed by atoms with van der Waals surface area (Å²) in [5.41, 5.74) is 6.95. The molecule has 1 aliphatic heterocycles. The maximum absolute atomic E-state index is 6.14. The average Bonchev–Trinajstić information content (AvgIpc) is 2.75. The molecular weight excluding hydrogens is 212 g/mol. The number of piperidine rings is 1. The van der Waals surface area contributed by atoms with Gasteiger partial charge in [-0.25, -0.2) is 4.98 Å². The van der Waals surface area contributed by atoms with Crippen molar-refractivity contribution in [3.63, 3.8) is 0 Å². The van der Waals surface area contributed by atoms with Gasteiger partial charge in [0, 0.05) is 19.3 Å². The molecule has 1 aliphatic rings. The number of nitrogens with zero attached hydrogens (tertiary/aromatic N) is 3. The molecule has 0 aliphatic carbocycles. The van der Waals surface area contributed by atoms with Crippen LogP contribution in [0.5, 0.6) is 0 Å². The minimum atomic E-state index is -0.307. The van der Waals surface area contributed by atoms with E-state index in [4.69, 9.17) is 5.73 Å². The molecule has 0 atom stereocenters. The Morgan fingerprint density at radius 3 is 2.59 bits per heavy atom. The zero-order valence-electron chi connectivity index (χ0n) is 11.0. The van der Waals surface area contributed by atoms with Gasteiger partial charge in [0.25, 0.3) is 0 Å². The monoisotopic (exact) mass is 236 g/mol. The molecule has 96 valence electrons. The van der Waals surface area contributed by atoms with Gasteiger partial charge in [-0.05, 0) is 39.8 Å². The van der Waals surface area contributed by atoms with Crippen LogP contribution in [0.3, 0.4) is 0 Å². The minimum absolute atomic E-state index is 0.307. The zero-order valence-corrected chi connectivity index (χ0v) is 11.0. The third kappa shape index (κ3) is 3.30. The first kappa shape index (κ1) is 12.6. The van der Waals surface area contributed by atoms with E-state index in [9.17, 15) is 0 Å². The Morgan fingerprint density at radius 2 is 1.94 bits per heavy atom. The summed E-state index contributed by atoms with van der Waals surface area (Å²) in [4.78, 5) is 6.76. The predicted molar refractivity (Wildman–Crippen MR) is 69.7 cm³/mol. The van der Waals surface area contributed by atoms with E-state index in [0.717, 1.165) is 18.8 Å². The van der Waals surface area contributed by atoms with E-state index in [1.54, 1.807) is 0 Å². The molecule has 1 fully saturated rings. The number of imidazole rings is 1. The molecule has 0 saturated carbocycles. The molecule has 0 unspecified atom stereocenters. The summed E-state index contributed by atoms with van der Waals surface area (Å²) in [5, 5.41) is 0. The van der Waals surface area contributed by atoms with Crippen molar-refractivity contribution in [3.8, 4) is 0 Å². The van der Waals surface area contributed by atoms with Crippen molar-refractivity contribution in [2.45, 2.75) is 45.2 Å². The van der Waals surface area contributed by atoms with Gasteiger partial charge in [0.1, 0.15) is 0 Å². The first-order chi connectivity index (χ1) is 8.07. The fraction of sp³-hybridized carbons (Fsp3) is 0.769. The highest BCUT2D eigenvalue weighted by Crippen LogP contribution is 2.16. The maximum Gasteiger partial charge on any atom is 0.0949 e. The van der Waals surface area contributed by atoms with Crippen molar-refractivity contribution in [2.75, 3.05) is 19.6 Å². The second-order valence-corrected chi connectivity index (χ2v) is 5.60. The standard InChI is InChI=1S/C13H24N4/c1-13(2,14)12-10-15-11-17(12)9-8-16-6-4-3-5-7-16/h10-11H,3-9,14H2,1-2H3. The van der Waals surface area contributed by atoms with Crippen LogP contribution in [0.15, 0.2) is 12.5 Å². The van der Waals surface area contributed by atoms with Gasteiger partial charge in [-0.1, -0.05) is 6.42 Å². The van der Waals surface area contributed by atoms with Gasteiger partial charge in [-0.2, -0.15) is 0 Å². The quantitative estimate of drug-likeness (QED) is 0.863. The van der Waals surface area contributed by atoms with Gasteiger partial charge in [0.05, 0.1) is 17.6 Å². The van der Waals surface area contributed by atoms with Crippen molar-refractivity contribution in [2.24, 2.45) is 5.73 Å². The van der Waals surface area contributed by atoms with Crippen LogP contribution in [0, 0.1) is 0 Å². The number of likely N-dealkylation sites (tertiary alicyclic amines) is 1. The number of hydrogen-bond donors (Lipinski definition) is 1. The summed E-state index contributed by atoms with van der Waals surface area (Å²) in [6.07, 6.45) is 7.87. The second-order valence-electron chi connectivity index (χ2n) is 5.60. The van der Waals surface area contributed by atoms with E-state index in [0.29, 0.717) is 0 Å². The molecule has 0 spiro atoms. The molecule has 1 saturated heterocycles. The lowest BCUT2D eigenvalue weighted by Crippen LogP contribution is -2.35. The Bertz CT molecular complexity index is 345. The minimum Gasteiger partial charge on any atom is -0.332 e. The Morgan fingerprint density at radius 1 is 1.24 bits per heavy atom. The lowest BCUT2D eigenvalue weighted by molar-refractivity contribution is 0.219. The van der Waals surface area contributed by atoms with Crippen molar-refractivity contribution in [1.29, 1.82) is 0 Å². The largest absolute Gasteiger partial charge is 0.332 e. The molecule has 2 N–H and O–H groups in total. The Balaban J connectivity index is 1.92. The zero-order chi connectivity index (χ0) is 12.3. The summed E-state index contributed by atoms with van der Waals surface area (Å²) < 4.78 is 2.19. The van der Waals surface area contributed by atoms with E-state index in [1.807, 2.05) is 26.4 Å². The van der Waals surface area contributed by atoms with E-state index >= 15 is 0 Å². The average molecular weight is 236 g/mol. The molecule has 1 aromatic heterocycles. The van der Waals surface area contributed by atoms with Crippen LogP contribution in [0.25, 0.3) is 0 Å². The molecule has 1 aromatic rings. The Labute approximate surface area is 104 Å². The molecule has 4 heteroatoms. The Hall–Kier alpha value is -0.870. The van der Waals surface area contributed by atoms with Gasteiger partial charge >= 0.3 is 0 Å². The van der Waals surface area contributed by atoms with Crippen LogP contribution in [0.2, 0.25) is 0 Å². The molecule has 2 heterocycles. The number of rotatable bonds is 4. The van der Waals surface area contributed by atoms with Crippen LogP contribution in [0.1, 0.15) is 38.8 Å². The highest BCUT2D eigenvalue weighted by Gasteiger charge is 2.19. The van der Waals surface area contributed by atoms with Crippen molar-refractivity contribution in [3.05, 3.63) is 18.2 Å². The first-order valence-corrected chi connectivity index (χ1v) is 6.59. The van der Waals surface area contributed by atoms with Gasteiger partial charge in [0.2, 0.25) is 0 Å². The van der Waals surface area contributed by atoms with Crippen LogP contribution in [-0.4, -0.2) is 34.1 Å². The van der Waals surface area contributed by atoms with E-state index in [1.165, 1.54) is 32.4 Å². The SMILES string of the molecule is CC(C)(N)c1cncn1CCN1CCCCC1. The third-order valence-corrected chi connectivity index (χ3v) is 3.48. The van der Waals surface area contributed by atoms with Crippen molar-refractivity contribution < 1.29 is 0 Å². The summed E-state index contributed by atoms with van der Waals surface area (Å²) >= 11 is 0. The smallest absolute Gasteiger partial charge is 0.0949 e. The lowest BCUT2D eigenvalue weighted by Gasteiger charge is -2.27. The predicted octanol–water partition coefficient (Wildman–Crippen LogP) is 1.56. The Kier molecular flexibility index (Phi) is 3.84. The fourth-order valence-electron chi connectivity index (χ4n) is 2.47. The summed E-state index contributed by atoms with van der Waals surface area (Å²) in [5.74, 6) is 0. The highest BCUT2D eigenvalue weighted by molar-refractivity contribution is 5.09. The van der Waals surface area contributed by atoms with Crippen molar-refractivity contribution >= 4 is 0 Å². The summed E-state index contributed by atoms with van der Waals surface area (Å²) in [6, 6.07) is 0. The molecule has 17 heavy (non-hydrogen) atoms. The molecule has 2 rings (SSSR count). The van der Waals surface area contributed by atoms with Gasteiger partial charge < -0.3 is 15.2 Å². The van der Waals surface area contributed by atoms with Gasteiger partial charge in [-0.3, -0.25) is 0 Å². The van der Waals surface area contributed by atoms with Crippen LogP contribution in [0.4, 0.5) is 0 Å². The number of aromatic nitrogens is 2. The fourth-order valence-corrected chi connectivity index (χ4v) is 2.47. The first-order valence-electron chi connectivity index (χ1n) is 6.59. The van der Waals surface area contributed by atoms with E-state index < -0.39 is 0 Å². The van der Waals surface area contributed by atoms with Crippen LogP contribution < -0.4 is 5.73 Å². The van der Waals surface area contributed by atoms with Gasteiger partial charge in [0.15, 0.2) is 0 Å². The van der Waals surface area contributed by atoms with Crippen LogP contribution >= 0.6 is 0 Å². The molecular formula is C13H24N4. The van der Waals surface area contributed by atoms with Gasteiger partial charge in [-0.15, -0.1) is 0 Å². The van der Waals surface area contributed by atoms with E-state index in [-0.39, 0.29) is 5.54 Å². The normalized spacial score (nSPS) is 18.5. The van der Waals surface area contributed by atoms with Crippen LogP contribution in [-0.2, 0) is 12.1 Å².